The Labute approximate surface area is 215 Å². The third-order valence-corrected chi connectivity index (χ3v) is 5.07. The standard InChI is InChI=1S/C21H20F2N3O2.CH5NO2.Y/c1-28-17-8-6-16(7-9-17)26-19(14-2-4-15(22)5-3-14)18(23)20(25-26)21(27)10-12-24-13-11-21;1-2(3)4;/h2-9,27H,10-13H2,1H3;3-4H,1H3;/q-1;;. The molecule has 175 valence electrons. The molecule has 8 nitrogen and oxygen atoms in total. The molecule has 0 aliphatic carbocycles. The van der Waals surface area contributed by atoms with Gasteiger partial charge < -0.3 is 15.2 Å². The number of hydrogen-bond acceptors (Lipinski definition) is 6. The zero-order valence-corrected chi connectivity index (χ0v) is 21.2. The van der Waals surface area contributed by atoms with Crippen molar-refractivity contribution in [2.75, 3.05) is 27.2 Å². The van der Waals surface area contributed by atoms with Crippen molar-refractivity contribution in [2.24, 2.45) is 0 Å². The molecule has 1 aliphatic heterocycles. The maximum absolute atomic E-state index is 15.5. The van der Waals surface area contributed by atoms with E-state index in [2.05, 4.69) is 10.4 Å². The third kappa shape index (κ3) is 6.63. The Morgan fingerprint density at radius 3 is 2.09 bits per heavy atom. The van der Waals surface area contributed by atoms with Crippen LogP contribution in [0.3, 0.4) is 0 Å². The topological polar surface area (TPSA) is 105 Å². The monoisotopic (exact) mass is 536 g/mol. The van der Waals surface area contributed by atoms with Crippen LogP contribution < -0.4 is 4.74 Å². The van der Waals surface area contributed by atoms with Gasteiger partial charge in [-0.05, 0) is 61.4 Å². The molecule has 0 amide bonds. The first-order chi connectivity index (χ1) is 15.2. The zero-order valence-electron chi connectivity index (χ0n) is 18.3. The number of rotatable bonds is 4. The third-order valence-electron chi connectivity index (χ3n) is 5.07. The van der Waals surface area contributed by atoms with Crippen LogP contribution in [0.25, 0.3) is 22.3 Å². The summed E-state index contributed by atoms with van der Waals surface area (Å²) < 4.78 is 35.6. The van der Waals surface area contributed by atoms with Gasteiger partial charge in [-0.1, -0.05) is 5.23 Å². The molecule has 3 aromatic rings. The van der Waals surface area contributed by atoms with Crippen molar-refractivity contribution in [1.29, 1.82) is 0 Å². The van der Waals surface area contributed by atoms with Crippen LogP contribution >= 0.6 is 0 Å². The van der Waals surface area contributed by atoms with E-state index in [4.69, 9.17) is 15.2 Å². The molecule has 0 bridgehead atoms. The number of hydrogen-bond donors (Lipinski definition) is 3. The van der Waals surface area contributed by atoms with Gasteiger partial charge in [0.2, 0.25) is 0 Å². The fourth-order valence-corrected chi connectivity index (χ4v) is 3.47. The SMILES string of the molecule is CN(O)O.COc1ccc(-n2nc(C3(O)CC[N-]CC3)c(F)c2-c2ccc(F)cc2)cc1.[Y]. The summed E-state index contributed by atoms with van der Waals surface area (Å²) >= 11 is 0. The molecule has 1 radical (unpaired) electrons. The van der Waals surface area contributed by atoms with Crippen LogP contribution in [0, 0.1) is 11.6 Å². The van der Waals surface area contributed by atoms with Gasteiger partial charge >= 0.3 is 0 Å². The smallest absolute Gasteiger partial charge is 0.175 e. The van der Waals surface area contributed by atoms with E-state index in [1.54, 1.807) is 31.4 Å². The molecule has 1 saturated heterocycles. The molecule has 11 heteroatoms. The summed E-state index contributed by atoms with van der Waals surface area (Å²) in [6.45, 7) is 0.911. The van der Waals surface area contributed by atoms with Crippen LogP contribution in [-0.4, -0.2) is 57.8 Å². The normalized spacial score (nSPS) is 14.8. The molecule has 0 unspecified atom stereocenters. The van der Waals surface area contributed by atoms with Crippen LogP contribution in [-0.2, 0) is 38.3 Å². The maximum Gasteiger partial charge on any atom is 0.175 e. The molecule has 1 fully saturated rings. The molecule has 4 rings (SSSR count). The second-order valence-corrected chi connectivity index (χ2v) is 7.32. The van der Waals surface area contributed by atoms with Crippen molar-refractivity contribution >= 4 is 0 Å². The number of aliphatic hydroxyl groups is 1. The molecule has 0 saturated carbocycles. The minimum absolute atomic E-state index is 0. The minimum Gasteiger partial charge on any atom is -0.662 e. The van der Waals surface area contributed by atoms with Gasteiger partial charge in [-0.25, -0.2) is 13.5 Å². The molecule has 1 aliphatic rings. The van der Waals surface area contributed by atoms with E-state index in [1.807, 2.05) is 0 Å². The summed E-state index contributed by atoms with van der Waals surface area (Å²) in [7, 11) is 2.67. The predicted octanol–water partition coefficient (Wildman–Crippen LogP) is 3.88. The first-order valence-corrected chi connectivity index (χ1v) is 9.91. The molecule has 0 atom stereocenters. The summed E-state index contributed by atoms with van der Waals surface area (Å²) in [5, 5.41) is 34.6. The summed E-state index contributed by atoms with van der Waals surface area (Å²) in [4.78, 5) is 0. The summed E-state index contributed by atoms with van der Waals surface area (Å²) in [6.07, 6.45) is 0.624. The van der Waals surface area contributed by atoms with E-state index in [0.717, 1.165) is 7.05 Å². The number of nitrogens with zero attached hydrogens (tertiary/aromatic N) is 4. The second-order valence-electron chi connectivity index (χ2n) is 7.32. The molecule has 2 heterocycles. The van der Waals surface area contributed by atoms with Gasteiger partial charge in [-0.3, -0.25) is 10.4 Å². The number of benzene rings is 2. The molecular weight excluding hydrogens is 511 g/mol. The first kappa shape index (κ1) is 27.5. The molecule has 3 N–H and O–H groups in total. The van der Waals surface area contributed by atoms with Crippen molar-refractivity contribution in [3.8, 4) is 22.7 Å². The molecule has 2 aromatic carbocycles. The Kier molecular flexibility index (Phi) is 10.0. The summed E-state index contributed by atoms with van der Waals surface area (Å²) in [5.41, 5.74) is -0.126. The average Bonchev–Trinajstić information content (AvgIpc) is 3.12. The Morgan fingerprint density at radius 2 is 1.58 bits per heavy atom. The van der Waals surface area contributed by atoms with Gasteiger partial charge in [0.1, 0.15) is 28.6 Å². The van der Waals surface area contributed by atoms with E-state index < -0.39 is 17.2 Å². The Balaban J connectivity index is 0.000000714. The average molecular weight is 536 g/mol. The van der Waals surface area contributed by atoms with Gasteiger partial charge in [-0.15, -0.1) is 13.1 Å². The largest absolute Gasteiger partial charge is 0.662 e. The predicted molar refractivity (Wildman–Crippen MR) is 113 cm³/mol. The van der Waals surface area contributed by atoms with E-state index in [0.29, 0.717) is 42.9 Å². The molecular formula is C22H25F2N4O4Y-. The van der Waals surface area contributed by atoms with E-state index in [1.165, 1.54) is 28.9 Å². The number of piperidine rings is 1. The van der Waals surface area contributed by atoms with Gasteiger partial charge in [0.15, 0.2) is 5.82 Å². The van der Waals surface area contributed by atoms with Crippen molar-refractivity contribution in [3.63, 3.8) is 0 Å². The first-order valence-electron chi connectivity index (χ1n) is 9.91. The van der Waals surface area contributed by atoms with Gasteiger partial charge in [0.25, 0.3) is 0 Å². The maximum atomic E-state index is 15.5. The van der Waals surface area contributed by atoms with Gasteiger partial charge in [-0.2, -0.15) is 5.10 Å². The molecule has 0 spiro atoms. The Morgan fingerprint density at radius 1 is 1.03 bits per heavy atom. The van der Waals surface area contributed by atoms with E-state index in [-0.39, 0.29) is 49.3 Å². The van der Waals surface area contributed by atoms with E-state index in [9.17, 15) is 9.50 Å². The van der Waals surface area contributed by atoms with Crippen LogP contribution in [0.5, 0.6) is 5.75 Å². The van der Waals surface area contributed by atoms with Crippen LogP contribution in [0.1, 0.15) is 18.5 Å². The Bertz CT molecular complexity index is 1020. The summed E-state index contributed by atoms with van der Waals surface area (Å²) in [6, 6.07) is 12.5. The number of aromatic nitrogens is 2. The fraction of sp³-hybridized carbons (Fsp3) is 0.318. The number of hydroxylamine groups is 2. The number of methoxy groups -OCH3 is 1. The summed E-state index contributed by atoms with van der Waals surface area (Å²) in [5.74, 6) is -0.355. The van der Waals surface area contributed by atoms with Gasteiger partial charge in [0, 0.05) is 45.3 Å². The van der Waals surface area contributed by atoms with Crippen molar-refractivity contribution in [3.05, 3.63) is 71.2 Å². The van der Waals surface area contributed by atoms with Crippen molar-refractivity contribution in [2.45, 2.75) is 18.4 Å². The molecule has 33 heavy (non-hydrogen) atoms. The second kappa shape index (κ2) is 12.1. The van der Waals surface area contributed by atoms with Crippen LogP contribution in [0.15, 0.2) is 48.5 Å². The van der Waals surface area contributed by atoms with Gasteiger partial charge in [0.05, 0.1) is 12.8 Å². The van der Waals surface area contributed by atoms with Crippen molar-refractivity contribution in [1.82, 2.24) is 15.0 Å². The number of ether oxygens (including phenoxy) is 1. The quantitative estimate of drug-likeness (QED) is 0.438. The minimum atomic E-state index is -1.38. The van der Waals surface area contributed by atoms with Crippen molar-refractivity contribution < 1.29 is 61.7 Å². The Hall–Kier alpha value is -1.79. The zero-order chi connectivity index (χ0) is 23.3. The molecule has 1 aromatic heterocycles. The number of halogens is 2. The van der Waals surface area contributed by atoms with Crippen LogP contribution in [0.2, 0.25) is 0 Å². The van der Waals surface area contributed by atoms with Crippen LogP contribution in [0.4, 0.5) is 8.78 Å². The van der Waals surface area contributed by atoms with E-state index >= 15 is 4.39 Å². The fourth-order valence-electron chi connectivity index (χ4n) is 3.47.